The average molecular weight is 355 g/mol. The Morgan fingerprint density at radius 1 is 1.28 bits per heavy atom. The molecule has 8 nitrogen and oxygen atoms in total. The van der Waals surface area contributed by atoms with Crippen LogP contribution >= 0.6 is 0 Å². The van der Waals surface area contributed by atoms with Crippen LogP contribution < -0.4 is 5.56 Å². The molecule has 8 heteroatoms. The van der Waals surface area contributed by atoms with E-state index >= 15 is 0 Å². The lowest BCUT2D eigenvalue weighted by atomic mass is 10.1. The third-order valence-corrected chi connectivity index (χ3v) is 2.93. The highest BCUT2D eigenvalue weighted by atomic mass is 16.5. The number of aromatic hydroxyl groups is 1. The van der Waals surface area contributed by atoms with Gasteiger partial charge in [-0.05, 0) is 20.3 Å². The average Bonchev–Trinajstić information content (AvgIpc) is 2.54. The van der Waals surface area contributed by atoms with E-state index in [0.29, 0.717) is 5.78 Å². The lowest BCUT2D eigenvalue weighted by Gasteiger charge is -2.04. The summed E-state index contributed by atoms with van der Waals surface area (Å²) in [6.07, 6.45) is 3.12. The molecule has 0 aliphatic carbocycles. The Morgan fingerprint density at radius 3 is 2.16 bits per heavy atom. The zero-order valence-electron chi connectivity index (χ0n) is 15.2. The van der Waals surface area contributed by atoms with Crippen LogP contribution in [-0.4, -0.2) is 34.6 Å². The largest absolute Gasteiger partial charge is 0.507 e. The van der Waals surface area contributed by atoms with Crippen molar-refractivity contribution in [2.45, 2.75) is 47.5 Å². The number of ketones is 1. The van der Waals surface area contributed by atoms with Crippen LogP contribution in [0.5, 0.6) is 5.75 Å². The number of hydrogen-bond acceptors (Lipinski definition) is 7. The minimum absolute atomic E-state index is 0.0241. The van der Waals surface area contributed by atoms with Crippen molar-refractivity contribution in [3.63, 3.8) is 0 Å². The van der Waals surface area contributed by atoms with E-state index in [-0.39, 0.29) is 35.6 Å². The van der Waals surface area contributed by atoms with E-state index in [9.17, 15) is 19.5 Å². The highest BCUT2D eigenvalue weighted by Crippen LogP contribution is 2.17. The molecule has 25 heavy (non-hydrogen) atoms. The quantitative estimate of drug-likeness (QED) is 0.772. The molecule has 0 aromatic carbocycles. The number of aromatic nitrogens is 1. The maximum Gasteiger partial charge on any atom is 0.373 e. The highest BCUT2D eigenvalue weighted by Gasteiger charge is 2.15. The van der Waals surface area contributed by atoms with Crippen LogP contribution in [0.2, 0.25) is 0 Å². The number of esters is 1. The van der Waals surface area contributed by atoms with E-state index in [1.54, 1.807) is 6.92 Å². The number of ether oxygens (including phenoxy) is 1. The smallest absolute Gasteiger partial charge is 0.373 e. The summed E-state index contributed by atoms with van der Waals surface area (Å²) in [4.78, 5) is 51.6. The van der Waals surface area contributed by atoms with Gasteiger partial charge in [0.05, 0.1) is 12.2 Å². The first-order valence-corrected chi connectivity index (χ1v) is 7.78. The molecule has 140 valence electrons. The zero-order valence-corrected chi connectivity index (χ0v) is 15.2. The summed E-state index contributed by atoms with van der Waals surface area (Å²) in [5.41, 5.74) is -0.338. The van der Waals surface area contributed by atoms with Crippen molar-refractivity contribution in [2.75, 3.05) is 6.61 Å². The van der Waals surface area contributed by atoms with Crippen molar-refractivity contribution in [1.29, 1.82) is 0 Å². The standard InChI is InChI=1S/C9H11NO4.C7H14O.CO2/c1-3-14-9(13)6-4-10-8(12)5(2)7(6)11;1-4-5-7(8)6(2)3;2-1-3/h4H,3H2,1-2H3,(H2,10,11,12);6H,4-5H2,1-3H3;. The predicted octanol–water partition coefficient (Wildman–Crippen LogP) is 1.99. The normalized spacial score (nSPS) is 9.04. The van der Waals surface area contributed by atoms with Gasteiger partial charge in [-0.25, -0.2) is 4.79 Å². The van der Waals surface area contributed by atoms with Crippen LogP contribution in [0.3, 0.4) is 0 Å². The van der Waals surface area contributed by atoms with Crippen LogP contribution in [-0.2, 0) is 19.1 Å². The van der Waals surface area contributed by atoms with Gasteiger partial charge in [-0.3, -0.25) is 9.59 Å². The minimum Gasteiger partial charge on any atom is -0.507 e. The van der Waals surface area contributed by atoms with E-state index in [0.717, 1.165) is 19.0 Å². The van der Waals surface area contributed by atoms with Gasteiger partial charge in [-0.1, -0.05) is 20.8 Å². The first-order valence-electron chi connectivity index (χ1n) is 7.78. The molecular formula is C17H25NO7. The molecule has 2 N–H and O–H groups in total. The first kappa shape index (κ1) is 24.5. The third kappa shape index (κ3) is 9.88. The molecule has 0 aliphatic heterocycles. The van der Waals surface area contributed by atoms with Gasteiger partial charge < -0.3 is 14.8 Å². The molecule has 0 fully saturated rings. The lowest BCUT2D eigenvalue weighted by Crippen LogP contribution is -2.14. The highest BCUT2D eigenvalue weighted by molar-refractivity contribution is 5.92. The second-order valence-electron chi connectivity index (χ2n) is 5.18. The summed E-state index contributed by atoms with van der Waals surface area (Å²) >= 11 is 0. The molecule has 0 spiro atoms. The third-order valence-electron chi connectivity index (χ3n) is 2.93. The Bertz CT molecular complexity index is 641. The molecule has 0 aliphatic rings. The van der Waals surface area contributed by atoms with Gasteiger partial charge >= 0.3 is 12.1 Å². The van der Waals surface area contributed by atoms with Crippen LogP contribution in [0.15, 0.2) is 11.0 Å². The number of H-pyrrole nitrogens is 1. The van der Waals surface area contributed by atoms with E-state index in [2.05, 4.69) is 9.72 Å². The molecule has 1 aromatic rings. The number of pyridine rings is 1. The summed E-state index contributed by atoms with van der Waals surface area (Å²) in [5.74, 6) is -0.362. The SMILES string of the molecule is CCCC(=O)C(C)C.CCOC(=O)c1c[nH]c(=O)c(C)c1O.O=C=O. The number of Topliss-reactive ketones (excluding diaryl/α,β-unsaturated/α-hetero) is 1. The Hall–Kier alpha value is -2.73. The Labute approximate surface area is 146 Å². The monoisotopic (exact) mass is 355 g/mol. The van der Waals surface area contributed by atoms with Crippen LogP contribution in [0, 0.1) is 12.8 Å². The van der Waals surface area contributed by atoms with Crippen molar-refractivity contribution in [3.05, 3.63) is 27.7 Å². The first-order chi connectivity index (χ1) is 11.7. The number of aromatic amines is 1. The predicted molar refractivity (Wildman–Crippen MR) is 89.2 cm³/mol. The molecule has 0 saturated heterocycles. The van der Waals surface area contributed by atoms with Crippen LogP contribution in [0.4, 0.5) is 0 Å². The van der Waals surface area contributed by atoms with Gasteiger partial charge in [0, 0.05) is 18.5 Å². The van der Waals surface area contributed by atoms with Gasteiger partial charge in [0.2, 0.25) is 0 Å². The zero-order chi connectivity index (χ0) is 20.0. The number of hydrogen-bond donors (Lipinski definition) is 2. The van der Waals surface area contributed by atoms with Crippen LogP contribution in [0.25, 0.3) is 0 Å². The Kier molecular flexibility index (Phi) is 13.4. The van der Waals surface area contributed by atoms with Crippen molar-refractivity contribution in [3.8, 4) is 5.75 Å². The lowest BCUT2D eigenvalue weighted by molar-refractivity contribution is -0.191. The maximum atomic E-state index is 11.2. The van der Waals surface area contributed by atoms with Gasteiger partial charge in [0.1, 0.15) is 17.1 Å². The Morgan fingerprint density at radius 2 is 1.80 bits per heavy atom. The van der Waals surface area contributed by atoms with E-state index in [4.69, 9.17) is 9.59 Å². The van der Waals surface area contributed by atoms with E-state index in [1.807, 2.05) is 20.8 Å². The minimum atomic E-state index is -0.649. The van der Waals surface area contributed by atoms with Crippen molar-refractivity contribution in [1.82, 2.24) is 4.98 Å². The molecule has 1 rings (SSSR count). The molecule has 0 saturated carbocycles. The molecule has 0 bridgehead atoms. The molecule has 1 aromatic heterocycles. The van der Waals surface area contributed by atoms with Gasteiger partial charge in [0.15, 0.2) is 0 Å². The fourth-order valence-electron chi connectivity index (χ4n) is 1.52. The van der Waals surface area contributed by atoms with E-state index in [1.165, 1.54) is 6.92 Å². The Balaban J connectivity index is 0. The number of carbonyl (C=O) groups is 2. The number of rotatable bonds is 5. The molecule has 0 amide bonds. The fraction of sp³-hybridized carbons (Fsp3) is 0.529. The molecule has 0 radical (unpaired) electrons. The molecule has 1 heterocycles. The number of carbonyl (C=O) groups excluding carboxylic acids is 4. The topological polar surface area (TPSA) is 131 Å². The van der Waals surface area contributed by atoms with Gasteiger partial charge in [0.25, 0.3) is 5.56 Å². The molecular weight excluding hydrogens is 330 g/mol. The van der Waals surface area contributed by atoms with Gasteiger partial charge in [-0.15, -0.1) is 0 Å². The van der Waals surface area contributed by atoms with Crippen molar-refractivity contribution >= 4 is 17.9 Å². The summed E-state index contributed by atoms with van der Waals surface area (Å²) in [6.45, 7) is 9.22. The van der Waals surface area contributed by atoms with Crippen molar-refractivity contribution in [2.24, 2.45) is 5.92 Å². The second-order valence-corrected chi connectivity index (χ2v) is 5.18. The number of nitrogens with one attached hydrogen (secondary N) is 1. The maximum absolute atomic E-state index is 11.2. The summed E-state index contributed by atoms with van der Waals surface area (Å²) < 4.78 is 4.68. The molecule has 0 atom stereocenters. The summed E-state index contributed by atoms with van der Waals surface area (Å²) in [5, 5.41) is 9.45. The van der Waals surface area contributed by atoms with Crippen molar-refractivity contribution < 1.29 is 29.0 Å². The summed E-state index contributed by atoms with van der Waals surface area (Å²) in [7, 11) is 0. The van der Waals surface area contributed by atoms with Gasteiger partial charge in [-0.2, -0.15) is 9.59 Å². The fourth-order valence-corrected chi connectivity index (χ4v) is 1.52. The van der Waals surface area contributed by atoms with E-state index < -0.39 is 11.5 Å². The molecule has 0 unspecified atom stereocenters. The van der Waals surface area contributed by atoms with Crippen LogP contribution in [0.1, 0.15) is 56.5 Å². The second kappa shape index (κ2) is 13.7. The summed E-state index contributed by atoms with van der Waals surface area (Å²) in [6, 6.07) is 0.